The van der Waals surface area contributed by atoms with Crippen LogP contribution >= 0.6 is 15.9 Å². The minimum absolute atomic E-state index is 0.0693. The van der Waals surface area contributed by atoms with Gasteiger partial charge in [0.25, 0.3) is 5.91 Å². The summed E-state index contributed by atoms with van der Waals surface area (Å²) in [5.41, 5.74) is 1.96. The zero-order valence-corrected chi connectivity index (χ0v) is 12.5. The number of halogens is 1. The molecule has 3 fully saturated rings. The molecule has 4 heteroatoms. The molecule has 0 radical (unpaired) electrons. The van der Waals surface area contributed by atoms with E-state index in [0.717, 1.165) is 17.4 Å². The van der Waals surface area contributed by atoms with E-state index in [1.165, 1.54) is 31.5 Å². The predicted octanol–water partition coefficient (Wildman–Crippen LogP) is 2.41. The van der Waals surface area contributed by atoms with Gasteiger partial charge in [0.2, 0.25) is 0 Å². The third-order valence-electron chi connectivity index (χ3n) is 4.34. The van der Waals surface area contributed by atoms with E-state index < -0.39 is 0 Å². The van der Waals surface area contributed by atoms with E-state index >= 15 is 0 Å². The molecule has 1 amide bonds. The van der Waals surface area contributed by atoms with E-state index in [0.29, 0.717) is 12.0 Å². The monoisotopic (exact) mass is 322 g/mol. The third-order valence-corrected chi connectivity index (χ3v) is 4.99. The maximum absolute atomic E-state index is 12.2. The lowest BCUT2D eigenvalue weighted by Crippen LogP contribution is -2.57. The summed E-state index contributed by atoms with van der Waals surface area (Å²) in [4.78, 5) is 14.7. The number of hydrogen-bond donors (Lipinski definition) is 1. The summed E-state index contributed by atoms with van der Waals surface area (Å²) < 4.78 is 0. The number of carbonyl (C=O) groups is 1. The van der Waals surface area contributed by atoms with E-state index in [4.69, 9.17) is 0 Å². The second kappa shape index (κ2) is 5.63. The largest absolute Gasteiger partial charge is 0.348 e. The predicted molar refractivity (Wildman–Crippen MR) is 79.5 cm³/mol. The van der Waals surface area contributed by atoms with Gasteiger partial charge in [-0.2, -0.15) is 0 Å². The van der Waals surface area contributed by atoms with E-state index in [1.807, 2.05) is 24.3 Å². The van der Waals surface area contributed by atoms with E-state index in [2.05, 4.69) is 26.1 Å². The van der Waals surface area contributed by atoms with Crippen LogP contribution < -0.4 is 5.32 Å². The van der Waals surface area contributed by atoms with Crippen LogP contribution in [0.3, 0.4) is 0 Å². The molecular formula is C15H19BrN2O. The highest BCUT2D eigenvalue weighted by Crippen LogP contribution is 2.27. The van der Waals surface area contributed by atoms with Crippen molar-refractivity contribution in [2.75, 3.05) is 19.6 Å². The summed E-state index contributed by atoms with van der Waals surface area (Å²) >= 11 is 3.41. The molecule has 1 atom stereocenters. The van der Waals surface area contributed by atoms with Crippen molar-refractivity contribution in [1.82, 2.24) is 10.2 Å². The van der Waals surface area contributed by atoms with Gasteiger partial charge in [-0.3, -0.25) is 4.79 Å². The number of piperidine rings is 3. The number of rotatable bonds is 3. The molecule has 1 N–H and O–H groups in total. The number of amides is 1. The Hall–Kier alpha value is -0.870. The number of alkyl halides is 1. The lowest BCUT2D eigenvalue weighted by atomic mass is 9.84. The summed E-state index contributed by atoms with van der Waals surface area (Å²) in [7, 11) is 0. The van der Waals surface area contributed by atoms with Crippen LogP contribution in [0.15, 0.2) is 24.3 Å². The second-order valence-corrected chi connectivity index (χ2v) is 6.11. The summed E-state index contributed by atoms with van der Waals surface area (Å²) in [6.45, 7) is 3.43. The molecule has 1 aromatic rings. The molecule has 3 aliphatic heterocycles. The fourth-order valence-corrected chi connectivity index (χ4v) is 3.50. The molecule has 19 heavy (non-hydrogen) atoms. The lowest BCUT2D eigenvalue weighted by Gasteiger charge is -2.44. The number of fused-ring (bicyclic) bond motifs is 3. The Morgan fingerprint density at radius 3 is 2.47 bits per heavy atom. The number of hydrogen-bond acceptors (Lipinski definition) is 2. The first-order valence-electron chi connectivity index (χ1n) is 6.94. The van der Waals surface area contributed by atoms with Crippen molar-refractivity contribution in [3.05, 3.63) is 35.4 Å². The zero-order valence-electron chi connectivity index (χ0n) is 10.9. The van der Waals surface area contributed by atoms with Gasteiger partial charge in [0.1, 0.15) is 0 Å². The Kier molecular flexibility index (Phi) is 3.89. The fourth-order valence-electron chi connectivity index (χ4n) is 3.13. The van der Waals surface area contributed by atoms with Crippen molar-refractivity contribution < 1.29 is 4.79 Å². The smallest absolute Gasteiger partial charge is 0.251 e. The van der Waals surface area contributed by atoms with Gasteiger partial charge in [-0.1, -0.05) is 28.1 Å². The van der Waals surface area contributed by atoms with Crippen LogP contribution in [0, 0.1) is 5.92 Å². The van der Waals surface area contributed by atoms with Crippen LogP contribution in [-0.4, -0.2) is 36.5 Å². The third kappa shape index (κ3) is 2.84. The maximum Gasteiger partial charge on any atom is 0.251 e. The summed E-state index contributed by atoms with van der Waals surface area (Å²) in [5.74, 6) is 0.746. The first-order chi connectivity index (χ1) is 9.26. The SMILES string of the molecule is O=C(NC1CN2CCC1CC2)c1ccc(CBr)cc1. The van der Waals surface area contributed by atoms with Crippen LogP contribution in [0.2, 0.25) is 0 Å². The van der Waals surface area contributed by atoms with Gasteiger partial charge in [-0.15, -0.1) is 0 Å². The van der Waals surface area contributed by atoms with Gasteiger partial charge in [-0.05, 0) is 49.5 Å². The van der Waals surface area contributed by atoms with Crippen molar-refractivity contribution in [2.45, 2.75) is 24.2 Å². The lowest BCUT2D eigenvalue weighted by molar-refractivity contribution is 0.0620. The molecule has 3 nitrogen and oxygen atoms in total. The molecule has 1 aromatic carbocycles. The van der Waals surface area contributed by atoms with Gasteiger partial charge in [0, 0.05) is 23.5 Å². The molecule has 0 saturated carbocycles. The highest BCUT2D eigenvalue weighted by atomic mass is 79.9. The van der Waals surface area contributed by atoms with Crippen molar-refractivity contribution in [1.29, 1.82) is 0 Å². The summed E-state index contributed by atoms with van der Waals surface area (Å²) in [5, 5.41) is 4.04. The first kappa shape index (κ1) is 13.1. The molecule has 3 heterocycles. The highest BCUT2D eigenvalue weighted by Gasteiger charge is 2.34. The van der Waals surface area contributed by atoms with Crippen LogP contribution in [0.1, 0.15) is 28.8 Å². The van der Waals surface area contributed by atoms with Gasteiger partial charge >= 0.3 is 0 Å². The van der Waals surface area contributed by atoms with Gasteiger partial charge in [0.15, 0.2) is 0 Å². The van der Waals surface area contributed by atoms with Crippen molar-refractivity contribution in [3.63, 3.8) is 0 Å². The molecule has 2 bridgehead atoms. The van der Waals surface area contributed by atoms with E-state index in [-0.39, 0.29) is 5.91 Å². The first-order valence-corrected chi connectivity index (χ1v) is 8.06. The second-order valence-electron chi connectivity index (χ2n) is 5.55. The number of nitrogens with zero attached hydrogens (tertiary/aromatic N) is 1. The molecule has 0 aliphatic carbocycles. The minimum atomic E-state index is 0.0693. The minimum Gasteiger partial charge on any atom is -0.348 e. The molecule has 1 unspecified atom stereocenters. The molecule has 3 saturated heterocycles. The molecule has 102 valence electrons. The standard InChI is InChI=1S/C15H19BrN2O/c16-9-11-1-3-13(4-2-11)15(19)17-14-10-18-7-5-12(14)6-8-18/h1-4,12,14H,5-10H2,(H,17,19). The summed E-state index contributed by atoms with van der Waals surface area (Å²) in [6.07, 6.45) is 2.46. The number of benzene rings is 1. The molecule has 0 aromatic heterocycles. The number of carbonyl (C=O) groups excluding carboxylic acids is 1. The highest BCUT2D eigenvalue weighted by molar-refractivity contribution is 9.08. The van der Waals surface area contributed by atoms with Crippen LogP contribution in [0.4, 0.5) is 0 Å². The Balaban J connectivity index is 1.64. The van der Waals surface area contributed by atoms with Crippen molar-refractivity contribution >= 4 is 21.8 Å². The van der Waals surface area contributed by atoms with Crippen LogP contribution in [-0.2, 0) is 5.33 Å². The van der Waals surface area contributed by atoms with Crippen molar-refractivity contribution in [2.24, 2.45) is 5.92 Å². The fraction of sp³-hybridized carbons (Fsp3) is 0.533. The normalized spacial score (nSPS) is 29.2. The van der Waals surface area contributed by atoms with Crippen LogP contribution in [0.25, 0.3) is 0 Å². The van der Waals surface area contributed by atoms with Crippen LogP contribution in [0.5, 0.6) is 0 Å². The topological polar surface area (TPSA) is 32.3 Å². The van der Waals surface area contributed by atoms with E-state index in [1.54, 1.807) is 0 Å². The molecule has 0 spiro atoms. The molecule has 3 aliphatic rings. The Bertz CT molecular complexity index is 452. The Morgan fingerprint density at radius 1 is 1.26 bits per heavy atom. The Labute approximate surface area is 122 Å². The Morgan fingerprint density at radius 2 is 1.95 bits per heavy atom. The van der Waals surface area contributed by atoms with Gasteiger partial charge < -0.3 is 10.2 Å². The average molecular weight is 323 g/mol. The van der Waals surface area contributed by atoms with E-state index in [9.17, 15) is 4.79 Å². The summed E-state index contributed by atoms with van der Waals surface area (Å²) in [6, 6.07) is 8.16. The maximum atomic E-state index is 12.2. The molecule has 4 rings (SSSR count). The number of nitrogens with one attached hydrogen (secondary N) is 1. The quantitative estimate of drug-likeness (QED) is 0.867. The van der Waals surface area contributed by atoms with Gasteiger partial charge in [0.05, 0.1) is 0 Å². The zero-order chi connectivity index (χ0) is 13.2. The van der Waals surface area contributed by atoms with Crippen molar-refractivity contribution in [3.8, 4) is 0 Å². The average Bonchev–Trinajstić information content (AvgIpc) is 2.48. The molecular weight excluding hydrogens is 304 g/mol. The van der Waals surface area contributed by atoms with Gasteiger partial charge in [-0.25, -0.2) is 0 Å².